The van der Waals surface area contributed by atoms with Gasteiger partial charge in [0, 0.05) is 12.6 Å². The topological polar surface area (TPSA) is 50.4 Å². The molecule has 1 aliphatic heterocycles. The zero-order valence-corrected chi connectivity index (χ0v) is 8.30. The third-order valence-corrected chi connectivity index (χ3v) is 2.23. The molecule has 13 heavy (non-hydrogen) atoms. The summed E-state index contributed by atoms with van der Waals surface area (Å²) in [5, 5.41) is 6.06. The summed E-state index contributed by atoms with van der Waals surface area (Å²) >= 11 is 0. The van der Waals surface area contributed by atoms with Gasteiger partial charge in [-0.2, -0.15) is 0 Å². The minimum atomic E-state index is -0.0140. The minimum Gasteiger partial charge on any atom is -0.379 e. The van der Waals surface area contributed by atoms with Gasteiger partial charge in [-0.1, -0.05) is 6.92 Å². The first-order valence-electron chi connectivity index (χ1n) is 4.88. The van der Waals surface area contributed by atoms with Crippen LogP contribution in [0.3, 0.4) is 0 Å². The molecule has 4 heteroatoms. The molecule has 1 aliphatic rings. The predicted octanol–water partition coefficient (Wildman–Crippen LogP) is -0.253. The average molecular weight is 186 g/mol. The fraction of sp³-hybridized carbons (Fsp3) is 0.889. The molecule has 0 saturated carbocycles. The molecule has 2 N–H and O–H groups in total. The Hall–Kier alpha value is -0.610. The first-order chi connectivity index (χ1) is 6.29. The molecule has 0 spiro atoms. The Kier molecular flexibility index (Phi) is 4.18. The molecule has 0 aliphatic carbocycles. The highest BCUT2D eigenvalue weighted by molar-refractivity contribution is 5.79. The highest BCUT2D eigenvalue weighted by atomic mass is 16.5. The summed E-state index contributed by atoms with van der Waals surface area (Å²) in [6, 6.07) is 0.191. The van der Waals surface area contributed by atoms with Crippen LogP contribution in [0.5, 0.6) is 0 Å². The maximum Gasteiger partial charge on any atom is 0.227 e. The molecule has 0 bridgehead atoms. The van der Waals surface area contributed by atoms with Crippen LogP contribution in [0.2, 0.25) is 0 Å². The summed E-state index contributed by atoms with van der Waals surface area (Å²) in [6.45, 7) is 6.72. The van der Waals surface area contributed by atoms with Crippen LogP contribution in [-0.2, 0) is 9.53 Å². The van der Waals surface area contributed by atoms with Crippen molar-refractivity contribution in [3.8, 4) is 0 Å². The summed E-state index contributed by atoms with van der Waals surface area (Å²) in [7, 11) is 0. The van der Waals surface area contributed by atoms with Gasteiger partial charge >= 0.3 is 0 Å². The van der Waals surface area contributed by atoms with Crippen molar-refractivity contribution in [3.63, 3.8) is 0 Å². The van der Waals surface area contributed by atoms with E-state index in [4.69, 9.17) is 4.74 Å². The predicted molar refractivity (Wildman–Crippen MR) is 50.5 cm³/mol. The lowest BCUT2D eigenvalue weighted by atomic mass is 10.0. The van der Waals surface area contributed by atoms with Crippen molar-refractivity contribution >= 4 is 5.91 Å². The molecule has 0 aromatic heterocycles. The van der Waals surface area contributed by atoms with Crippen molar-refractivity contribution in [2.45, 2.75) is 19.9 Å². The van der Waals surface area contributed by atoms with Crippen molar-refractivity contribution < 1.29 is 9.53 Å². The Balaban J connectivity index is 2.42. The lowest BCUT2D eigenvalue weighted by Gasteiger charge is -2.16. The van der Waals surface area contributed by atoms with Crippen LogP contribution in [0.1, 0.15) is 13.8 Å². The van der Waals surface area contributed by atoms with E-state index in [1.165, 1.54) is 0 Å². The van der Waals surface area contributed by atoms with E-state index in [0.29, 0.717) is 19.8 Å². The van der Waals surface area contributed by atoms with Gasteiger partial charge in [0.25, 0.3) is 0 Å². The van der Waals surface area contributed by atoms with Crippen LogP contribution >= 0.6 is 0 Å². The van der Waals surface area contributed by atoms with Crippen LogP contribution in [0.4, 0.5) is 0 Å². The van der Waals surface area contributed by atoms with Crippen LogP contribution < -0.4 is 10.6 Å². The van der Waals surface area contributed by atoms with Gasteiger partial charge in [0.1, 0.15) is 0 Å². The molecule has 1 fully saturated rings. The van der Waals surface area contributed by atoms with Crippen LogP contribution in [0.25, 0.3) is 0 Å². The molecule has 2 unspecified atom stereocenters. The Morgan fingerprint density at radius 1 is 1.38 bits per heavy atom. The third kappa shape index (κ3) is 2.67. The van der Waals surface area contributed by atoms with Crippen molar-refractivity contribution in [1.82, 2.24) is 10.6 Å². The Labute approximate surface area is 79.0 Å². The number of amides is 1. The van der Waals surface area contributed by atoms with Gasteiger partial charge in [-0.15, -0.1) is 0 Å². The first kappa shape index (κ1) is 10.5. The summed E-state index contributed by atoms with van der Waals surface area (Å²) < 4.78 is 5.27. The Bertz CT molecular complexity index is 173. The van der Waals surface area contributed by atoms with Crippen molar-refractivity contribution in [1.29, 1.82) is 0 Å². The quantitative estimate of drug-likeness (QED) is 0.636. The number of hydrogen-bond donors (Lipinski definition) is 2. The number of hydrogen-bond acceptors (Lipinski definition) is 3. The number of ether oxygens (including phenoxy) is 1. The molecule has 0 aromatic carbocycles. The lowest BCUT2D eigenvalue weighted by Crippen LogP contribution is -2.43. The monoisotopic (exact) mass is 186 g/mol. The van der Waals surface area contributed by atoms with Crippen molar-refractivity contribution in [2.75, 3.05) is 26.3 Å². The zero-order valence-electron chi connectivity index (χ0n) is 8.30. The second kappa shape index (κ2) is 5.19. The van der Waals surface area contributed by atoms with Gasteiger partial charge in [0.05, 0.1) is 19.1 Å². The largest absolute Gasteiger partial charge is 0.379 e. The number of carbonyl (C=O) groups is 1. The lowest BCUT2D eigenvalue weighted by molar-refractivity contribution is -0.125. The van der Waals surface area contributed by atoms with Crippen LogP contribution in [0.15, 0.2) is 0 Å². The van der Waals surface area contributed by atoms with E-state index in [2.05, 4.69) is 10.6 Å². The molecule has 1 rings (SSSR count). The number of rotatable bonds is 4. The normalized spacial score (nSPS) is 27.5. The highest BCUT2D eigenvalue weighted by Crippen LogP contribution is 2.13. The second-order valence-corrected chi connectivity index (χ2v) is 3.20. The molecule has 0 radical (unpaired) electrons. The van der Waals surface area contributed by atoms with Gasteiger partial charge in [-0.3, -0.25) is 4.79 Å². The maximum absolute atomic E-state index is 11.5. The van der Waals surface area contributed by atoms with E-state index in [9.17, 15) is 4.79 Å². The molecule has 76 valence electrons. The summed E-state index contributed by atoms with van der Waals surface area (Å²) in [4.78, 5) is 11.5. The van der Waals surface area contributed by atoms with Gasteiger partial charge in [-0.25, -0.2) is 0 Å². The van der Waals surface area contributed by atoms with Crippen LogP contribution in [-0.4, -0.2) is 38.3 Å². The first-order valence-corrected chi connectivity index (χ1v) is 4.88. The molecule has 1 saturated heterocycles. The maximum atomic E-state index is 11.5. The fourth-order valence-electron chi connectivity index (χ4n) is 1.58. The van der Waals surface area contributed by atoms with E-state index in [1.54, 1.807) is 0 Å². The molecule has 4 nitrogen and oxygen atoms in total. The molecule has 2 atom stereocenters. The van der Waals surface area contributed by atoms with E-state index in [0.717, 1.165) is 6.54 Å². The van der Waals surface area contributed by atoms with Gasteiger partial charge in [0.2, 0.25) is 5.91 Å². The van der Waals surface area contributed by atoms with Gasteiger partial charge in [-0.05, 0) is 13.5 Å². The highest BCUT2D eigenvalue weighted by Gasteiger charge is 2.32. The van der Waals surface area contributed by atoms with Crippen molar-refractivity contribution in [3.05, 3.63) is 0 Å². The Morgan fingerprint density at radius 3 is 2.77 bits per heavy atom. The average Bonchev–Trinajstić information content (AvgIpc) is 2.54. The van der Waals surface area contributed by atoms with Gasteiger partial charge in [0.15, 0.2) is 0 Å². The number of carbonyl (C=O) groups excluding carboxylic acids is 1. The van der Waals surface area contributed by atoms with Crippen molar-refractivity contribution in [2.24, 2.45) is 5.92 Å². The molecular formula is C9H18N2O2. The zero-order chi connectivity index (χ0) is 9.68. The van der Waals surface area contributed by atoms with E-state index < -0.39 is 0 Å². The van der Waals surface area contributed by atoms with Crippen LogP contribution in [0, 0.1) is 5.92 Å². The van der Waals surface area contributed by atoms with E-state index >= 15 is 0 Å². The van der Waals surface area contributed by atoms with E-state index in [1.807, 2.05) is 13.8 Å². The molecule has 0 aromatic rings. The summed E-state index contributed by atoms with van der Waals surface area (Å²) in [5.74, 6) is 0.0888. The van der Waals surface area contributed by atoms with Gasteiger partial charge < -0.3 is 15.4 Å². The molecular weight excluding hydrogens is 168 g/mol. The van der Waals surface area contributed by atoms with E-state index in [-0.39, 0.29) is 17.9 Å². The number of likely N-dealkylation sites (N-methyl/N-ethyl adjacent to an activating group) is 1. The summed E-state index contributed by atoms with van der Waals surface area (Å²) in [6.07, 6.45) is 0. The summed E-state index contributed by atoms with van der Waals surface area (Å²) in [5.41, 5.74) is 0. The smallest absolute Gasteiger partial charge is 0.227 e. The second-order valence-electron chi connectivity index (χ2n) is 3.20. The SMILES string of the molecule is CCNC(=O)C1COCC1NCC. The molecule has 1 heterocycles. The molecule has 1 amide bonds. The standard InChI is InChI=1S/C9H18N2O2/c1-3-10-8-6-13-5-7(8)9(12)11-4-2/h7-8,10H,3-6H2,1-2H3,(H,11,12). The third-order valence-electron chi connectivity index (χ3n) is 2.23. The number of nitrogens with one attached hydrogen (secondary N) is 2. The Morgan fingerprint density at radius 2 is 2.15 bits per heavy atom. The fourth-order valence-corrected chi connectivity index (χ4v) is 1.58. The minimum absolute atomic E-state index is 0.0140.